The Kier molecular flexibility index (Phi) is 3.32. The molecule has 0 fully saturated rings. The molecular weight excluding hydrogens is 236 g/mol. The first-order chi connectivity index (χ1) is 6.36. The summed E-state index contributed by atoms with van der Waals surface area (Å²) in [5.74, 6) is 0.156. The summed E-state index contributed by atoms with van der Waals surface area (Å²) in [6.45, 7) is 1.57. The predicted octanol–water partition coefficient (Wildman–Crippen LogP) is 4.41. The lowest BCUT2D eigenvalue weighted by molar-refractivity contribution is -0.137. The maximum Gasteiger partial charge on any atom is 0.417 e. The Hall–Kier alpha value is -0.410. The molecular formula is C9H7Cl2F3. The van der Waals surface area contributed by atoms with E-state index in [-0.39, 0.29) is 10.9 Å². The first kappa shape index (κ1) is 11.7. The molecule has 0 unspecified atom stereocenters. The maximum absolute atomic E-state index is 12.3. The van der Waals surface area contributed by atoms with Crippen LogP contribution in [-0.2, 0) is 12.1 Å². The van der Waals surface area contributed by atoms with E-state index in [9.17, 15) is 13.2 Å². The zero-order chi connectivity index (χ0) is 10.9. The summed E-state index contributed by atoms with van der Waals surface area (Å²) in [6.07, 6.45) is -4.41. The summed E-state index contributed by atoms with van der Waals surface area (Å²) in [5, 5.41) is -0.307. The van der Waals surface area contributed by atoms with E-state index < -0.39 is 11.7 Å². The van der Waals surface area contributed by atoms with Gasteiger partial charge in [0.05, 0.1) is 10.6 Å². The topological polar surface area (TPSA) is 0 Å². The average Bonchev–Trinajstić information content (AvgIpc) is 2.06. The van der Waals surface area contributed by atoms with Crippen molar-refractivity contribution in [2.24, 2.45) is 0 Å². The van der Waals surface area contributed by atoms with E-state index in [1.807, 2.05) is 0 Å². The van der Waals surface area contributed by atoms with Crippen molar-refractivity contribution < 1.29 is 13.2 Å². The van der Waals surface area contributed by atoms with Crippen molar-refractivity contribution in [2.75, 3.05) is 0 Å². The van der Waals surface area contributed by atoms with E-state index in [2.05, 4.69) is 0 Å². The average molecular weight is 243 g/mol. The van der Waals surface area contributed by atoms with Crippen LogP contribution in [0.4, 0.5) is 13.2 Å². The van der Waals surface area contributed by atoms with Crippen molar-refractivity contribution in [3.63, 3.8) is 0 Å². The molecule has 0 spiro atoms. The SMILES string of the molecule is Cc1cc(C(F)(F)F)c(Cl)cc1CCl. The number of alkyl halides is 4. The molecule has 5 heteroatoms. The van der Waals surface area contributed by atoms with E-state index >= 15 is 0 Å². The molecule has 0 aliphatic heterocycles. The highest BCUT2D eigenvalue weighted by atomic mass is 35.5. The highest BCUT2D eigenvalue weighted by molar-refractivity contribution is 6.31. The van der Waals surface area contributed by atoms with E-state index in [1.165, 1.54) is 6.07 Å². The third kappa shape index (κ3) is 2.34. The van der Waals surface area contributed by atoms with Crippen molar-refractivity contribution in [3.8, 4) is 0 Å². The van der Waals surface area contributed by atoms with Crippen LogP contribution in [-0.4, -0.2) is 0 Å². The molecule has 1 aromatic carbocycles. The van der Waals surface area contributed by atoms with Crippen LogP contribution in [0.25, 0.3) is 0 Å². The van der Waals surface area contributed by atoms with Crippen LogP contribution in [0.1, 0.15) is 16.7 Å². The number of rotatable bonds is 1. The summed E-state index contributed by atoms with van der Waals surface area (Å²) in [6, 6.07) is 2.27. The lowest BCUT2D eigenvalue weighted by Crippen LogP contribution is -2.07. The van der Waals surface area contributed by atoms with E-state index in [4.69, 9.17) is 23.2 Å². The first-order valence-electron chi connectivity index (χ1n) is 3.78. The summed E-state index contributed by atoms with van der Waals surface area (Å²) < 4.78 is 37.0. The number of aryl methyl sites for hydroxylation is 1. The lowest BCUT2D eigenvalue weighted by atomic mass is 10.1. The zero-order valence-electron chi connectivity index (χ0n) is 7.25. The van der Waals surface area contributed by atoms with Crippen LogP contribution in [0.15, 0.2) is 12.1 Å². The van der Waals surface area contributed by atoms with E-state index in [0.717, 1.165) is 6.07 Å². The Morgan fingerprint density at radius 3 is 2.29 bits per heavy atom. The molecule has 0 saturated heterocycles. The van der Waals surface area contributed by atoms with Gasteiger partial charge in [-0.25, -0.2) is 0 Å². The Bertz CT molecular complexity index is 345. The molecule has 0 aliphatic rings. The van der Waals surface area contributed by atoms with Crippen LogP contribution < -0.4 is 0 Å². The highest BCUT2D eigenvalue weighted by Crippen LogP contribution is 2.36. The summed E-state index contributed by atoms with van der Waals surface area (Å²) in [4.78, 5) is 0. The molecule has 0 radical (unpaired) electrons. The van der Waals surface area contributed by atoms with Crippen molar-refractivity contribution in [1.29, 1.82) is 0 Å². The molecule has 14 heavy (non-hydrogen) atoms. The molecule has 0 amide bonds. The molecule has 0 saturated carbocycles. The van der Waals surface area contributed by atoms with Crippen LogP contribution in [0.5, 0.6) is 0 Å². The van der Waals surface area contributed by atoms with Crippen molar-refractivity contribution in [3.05, 3.63) is 33.8 Å². The van der Waals surface area contributed by atoms with Crippen molar-refractivity contribution in [1.82, 2.24) is 0 Å². The van der Waals surface area contributed by atoms with Gasteiger partial charge in [-0.1, -0.05) is 11.6 Å². The summed E-state index contributed by atoms with van der Waals surface area (Å²) >= 11 is 11.0. The molecule has 0 bridgehead atoms. The van der Waals surface area contributed by atoms with Gasteiger partial charge in [-0.05, 0) is 30.2 Å². The quantitative estimate of drug-likeness (QED) is 0.641. The number of halogens is 5. The Morgan fingerprint density at radius 2 is 1.86 bits per heavy atom. The number of hydrogen-bond acceptors (Lipinski definition) is 0. The minimum absolute atomic E-state index is 0.156. The van der Waals surface area contributed by atoms with Gasteiger partial charge in [0.1, 0.15) is 0 Å². The van der Waals surface area contributed by atoms with Crippen LogP contribution in [0.3, 0.4) is 0 Å². The monoisotopic (exact) mass is 242 g/mol. The first-order valence-corrected chi connectivity index (χ1v) is 4.69. The second kappa shape index (κ2) is 3.99. The third-order valence-electron chi connectivity index (χ3n) is 1.87. The zero-order valence-corrected chi connectivity index (χ0v) is 8.76. The van der Waals surface area contributed by atoms with Gasteiger partial charge in [0, 0.05) is 5.88 Å². The minimum atomic E-state index is -4.41. The second-order valence-electron chi connectivity index (χ2n) is 2.89. The van der Waals surface area contributed by atoms with E-state index in [1.54, 1.807) is 6.92 Å². The normalized spacial score (nSPS) is 11.9. The number of benzene rings is 1. The van der Waals surface area contributed by atoms with Gasteiger partial charge in [0.15, 0.2) is 0 Å². The predicted molar refractivity (Wildman–Crippen MR) is 50.7 cm³/mol. The molecule has 1 rings (SSSR count). The van der Waals surface area contributed by atoms with Crippen molar-refractivity contribution in [2.45, 2.75) is 19.0 Å². The highest BCUT2D eigenvalue weighted by Gasteiger charge is 2.33. The van der Waals surface area contributed by atoms with Gasteiger partial charge in [-0.15, -0.1) is 11.6 Å². The fourth-order valence-corrected chi connectivity index (χ4v) is 1.67. The largest absolute Gasteiger partial charge is 0.417 e. The van der Waals surface area contributed by atoms with Gasteiger partial charge < -0.3 is 0 Å². The third-order valence-corrected chi connectivity index (χ3v) is 2.48. The van der Waals surface area contributed by atoms with Crippen LogP contribution >= 0.6 is 23.2 Å². The lowest BCUT2D eigenvalue weighted by Gasteiger charge is -2.11. The smallest absolute Gasteiger partial charge is 0.166 e. The molecule has 0 aliphatic carbocycles. The molecule has 0 aromatic heterocycles. The fraction of sp³-hybridized carbons (Fsp3) is 0.333. The molecule has 0 heterocycles. The molecule has 0 atom stereocenters. The van der Waals surface area contributed by atoms with Gasteiger partial charge in [-0.2, -0.15) is 13.2 Å². The van der Waals surface area contributed by atoms with Gasteiger partial charge in [0.2, 0.25) is 0 Å². The van der Waals surface area contributed by atoms with Crippen molar-refractivity contribution >= 4 is 23.2 Å². The van der Waals surface area contributed by atoms with Gasteiger partial charge in [0.25, 0.3) is 0 Å². The Labute approximate surface area is 89.6 Å². The second-order valence-corrected chi connectivity index (χ2v) is 3.56. The van der Waals surface area contributed by atoms with E-state index in [0.29, 0.717) is 11.1 Å². The van der Waals surface area contributed by atoms with Gasteiger partial charge >= 0.3 is 6.18 Å². The fourth-order valence-electron chi connectivity index (χ4n) is 1.08. The maximum atomic E-state index is 12.3. The molecule has 1 aromatic rings. The van der Waals surface area contributed by atoms with Crippen LogP contribution in [0.2, 0.25) is 5.02 Å². The minimum Gasteiger partial charge on any atom is -0.166 e. The summed E-state index contributed by atoms with van der Waals surface area (Å²) in [5.41, 5.74) is 0.298. The molecule has 0 nitrogen and oxygen atoms in total. The Morgan fingerprint density at radius 1 is 1.29 bits per heavy atom. The number of hydrogen-bond donors (Lipinski definition) is 0. The molecule has 78 valence electrons. The summed E-state index contributed by atoms with van der Waals surface area (Å²) in [7, 11) is 0. The van der Waals surface area contributed by atoms with Crippen LogP contribution in [0, 0.1) is 6.92 Å². The standard InChI is InChI=1S/C9H7Cl2F3/c1-5-2-7(9(12,13)14)8(11)3-6(5)4-10/h2-3H,4H2,1H3. The Balaban J connectivity index is 3.29. The van der Waals surface area contributed by atoms with Gasteiger partial charge in [-0.3, -0.25) is 0 Å². The molecule has 0 N–H and O–H groups in total.